The summed E-state index contributed by atoms with van der Waals surface area (Å²) >= 11 is 2.59. The van der Waals surface area contributed by atoms with Crippen molar-refractivity contribution in [1.82, 2.24) is 0 Å². The quantitative estimate of drug-likeness (QED) is 0.591. The molecule has 0 spiro atoms. The molecular formula is C10H10BaO2S2. The van der Waals surface area contributed by atoms with Gasteiger partial charge in [0.15, 0.2) is 0 Å². The van der Waals surface area contributed by atoms with Gasteiger partial charge in [-0.2, -0.15) is 0 Å². The van der Waals surface area contributed by atoms with E-state index >= 15 is 0 Å². The van der Waals surface area contributed by atoms with Gasteiger partial charge >= 0.3 is 48.9 Å². The van der Waals surface area contributed by atoms with Gasteiger partial charge in [0.05, 0.1) is 0 Å². The van der Waals surface area contributed by atoms with E-state index in [1.165, 1.54) is 23.5 Å². The summed E-state index contributed by atoms with van der Waals surface area (Å²) in [6.07, 6.45) is 10.5. The number of hydrogen-bond acceptors (Lipinski definition) is 4. The topological polar surface area (TPSA) is 46.1 Å². The van der Waals surface area contributed by atoms with E-state index in [9.17, 15) is 10.2 Å². The summed E-state index contributed by atoms with van der Waals surface area (Å²) in [6.45, 7) is 0. The van der Waals surface area contributed by atoms with Crippen LogP contribution in [0.15, 0.2) is 47.3 Å². The monoisotopic (exact) mass is 364 g/mol. The fourth-order valence-corrected chi connectivity index (χ4v) is 1.77. The van der Waals surface area contributed by atoms with E-state index in [0.717, 1.165) is 0 Å². The third-order valence-electron chi connectivity index (χ3n) is 1.34. The first-order valence-electron chi connectivity index (χ1n) is 4.08. The summed E-state index contributed by atoms with van der Waals surface area (Å²) in [7, 11) is 0. The summed E-state index contributed by atoms with van der Waals surface area (Å²) in [5.74, 6) is 0. The summed E-state index contributed by atoms with van der Waals surface area (Å²) in [5.41, 5.74) is -1.13. The predicted molar refractivity (Wildman–Crippen MR) is 65.1 cm³/mol. The maximum atomic E-state index is 10.4. The van der Waals surface area contributed by atoms with Gasteiger partial charge in [-0.1, -0.05) is 47.3 Å². The van der Waals surface area contributed by atoms with Crippen LogP contribution in [0.2, 0.25) is 0 Å². The number of allylic oxidation sites excluding steroid dienone is 4. The zero-order chi connectivity index (χ0) is 10.2. The van der Waals surface area contributed by atoms with Crippen LogP contribution in [-0.2, 0) is 0 Å². The zero-order valence-electron chi connectivity index (χ0n) is 8.11. The van der Waals surface area contributed by atoms with Crippen molar-refractivity contribution in [1.29, 1.82) is 0 Å². The van der Waals surface area contributed by atoms with Crippen molar-refractivity contribution < 1.29 is 10.2 Å². The van der Waals surface area contributed by atoms with E-state index < -0.39 is 10.9 Å². The van der Waals surface area contributed by atoms with Crippen molar-refractivity contribution in [2.75, 3.05) is 0 Å². The Morgan fingerprint density at radius 1 is 0.733 bits per heavy atom. The molecule has 2 unspecified atom stereocenters. The molecule has 2 heterocycles. The minimum atomic E-state index is -0.565. The van der Waals surface area contributed by atoms with Crippen molar-refractivity contribution in [2.24, 2.45) is 0 Å². The van der Waals surface area contributed by atoms with E-state index in [1.807, 2.05) is 12.2 Å². The normalized spacial score (nSPS) is 26.5. The second kappa shape index (κ2) is 10.3. The molecule has 2 aliphatic heterocycles. The minimum Gasteiger partial charge on any atom is -0.841 e. The van der Waals surface area contributed by atoms with Gasteiger partial charge in [0.1, 0.15) is 0 Å². The van der Waals surface area contributed by atoms with Gasteiger partial charge in [-0.05, 0) is 10.8 Å². The van der Waals surface area contributed by atoms with Crippen molar-refractivity contribution >= 4 is 72.4 Å². The minimum absolute atomic E-state index is 0. The molecule has 0 amide bonds. The first-order valence-corrected chi connectivity index (χ1v) is 5.97. The average molecular weight is 364 g/mol. The van der Waals surface area contributed by atoms with Crippen molar-refractivity contribution in [2.45, 2.75) is 10.9 Å². The Kier molecular flexibility index (Phi) is 11.1. The van der Waals surface area contributed by atoms with Gasteiger partial charge in [0.25, 0.3) is 0 Å². The molecule has 5 heteroatoms. The van der Waals surface area contributed by atoms with Crippen molar-refractivity contribution in [3.05, 3.63) is 47.3 Å². The van der Waals surface area contributed by atoms with Crippen LogP contribution < -0.4 is 10.2 Å². The third-order valence-corrected chi connectivity index (χ3v) is 2.82. The summed E-state index contributed by atoms with van der Waals surface area (Å²) in [6, 6.07) is 0. The Morgan fingerprint density at radius 3 is 1.27 bits per heavy atom. The first kappa shape index (κ1) is 16.2. The predicted octanol–water partition coefficient (Wildman–Crippen LogP) is 0.598. The second-order valence-electron chi connectivity index (χ2n) is 2.44. The van der Waals surface area contributed by atoms with Gasteiger partial charge in [-0.3, -0.25) is 0 Å². The van der Waals surface area contributed by atoms with Crippen LogP contribution in [0, 0.1) is 0 Å². The average Bonchev–Trinajstić information content (AvgIpc) is 2.21. The fraction of sp³-hybridized carbons (Fsp3) is 0.200. The van der Waals surface area contributed by atoms with Crippen LogP contribution in [0.3, 0.4) is 0 Å². The molecule has 0 bridgehead atoms. The molecule has 76 valence electrons. The molecule has 2 nitrogen and oxygen atoms in total. The molecule has 0 aliphatic carbocycles. The molecule has 0 aromatic rings. The van der Waals surface area contributed by atoms with Gasteiger partial charge in [0, 0.05) is 0 Å². The third kappa shape index (κ3) is 8.91. The summed E-state index contributed by atoms with van der Waals surface area (Å²) in [5, 5.41) is 24.3. The molecule has 0 saturated heterocycles. The molecular weight excluding hydrogens is 354 g/mol. The van der Waals surface area contributed by atoms with Crippen LogP contribution in [-0.4, -0.2) is 59.8 Å². The zero-order valence-corrected chi connectivity index (χ0v) is 14.2. The number of hydrogen-bond donors (Lipinski definition) is 0. The van der Waals surface area contributed by atoms with Crippen LogP contribution in [0.1, 0.15) is 0 Å². The van der Waals surface area contributed by atoms with Gasteiger partial charge in [-0.15, -0.1) is 23.5 Å². The molecule has 0 saturated carbocycles. The summed E-state index contributed by atoms with van der Waals surface area (Å²) in [4.78, 5) is 0. The fourth-order valence-electron chi connectivity index (χ4n) is 0.737. The van der Waals surface area contributed by atoms with E-state index in [0.29, 0.717) is 0 Å². The smallest absolute Gasteiger partial charge is 0.841 e. The number of rotatable bonds is 0. The number of thioether (sulfide) groups is 2. The Morgan fingerprint density at radius 2 is 1.13 bits per heavy atom. The van der Waals surface area contributed by atoms with Gasteiger partial charge in [0.2, 0.25) is 0 Å². The van der Waals surface area contributed by atoms with E-state index in [2.05, 4.69) is 0 Å². The molecule has 2 aliphatic rings. The van der Waals surface area contributed by atoms with E-state index in [-0.39, 0.29) is 48.9 Å². The Bertz CT molecular complexity index is 247. The second-order valence-corrected chi connectivity index (χ2v) is 4.45. The van der Waals surface area contributed by atoms with Crippen LogP contribution in [0.5, 0.6) is 0 Å². The van der Waals surface area contributed by atoms with Crippen molar-refractivity contribution in [3.63, 3.8) is 0 Å². The standard InChI is InChI=1S/2C5H5OS.Ba/c2*6-5-3-1-2-4-7-5;/h2*1-5H;/q2*-1;+2. The maximum absolute atomic E-state index is 10.4. The Labute approximate surface area is 139 Å². The van der Waals surface area contributed by atoms with Crippen LogP contribution >= 0.6 is 23.5 Å². The summed E-state index contributed by atoms with van der Waals surface area (Å²) < 4.78 is 0. The van der Waals surface area contributed by atoms with Crippen molar-refractivity contribution in [3.8, 4) is 0 Å². The Hall–Kier alpha value is 1.15. The van der Waals surface area contributed by atoms with Gasteiger partial charge in [-0.25, -0.2) is 0 Å². The molecule has 15 heavy (non-hydrogen) atoms. The Balaban J connectivity index is 0.000000245. The van der Waals surface area contributed by atoms with Crippen LogP contribution in [0.4, 0.5) is 0 Å². The SMILES string of the molecule is [Ba+2].[O-]C1C=CC=CS1.[O-]C1C=CC=CS1. The first-order chi connectivity index (χ1) is 6.79. The van der Waals surface area contributed by atoms with E-state index in [4.69, 9.17) is 0 Å². The van der Waals surface area contributed by atoms with Gasteiger partial charge < -0.3 is 10.2 Å². The largest absolute Gasteiger partial charge is 2.00 e. The molecule has 0 fully saturated rings. The van der Waals surface area contributed by atoms with Crippen LogP contribution in [0.25, 0.3) is 0 Å². The molecule has 0 aromatic carbocycles. The molecule has 2 rings (SSSR count). The van der Waals surface area contributed by atoms with E-state index in [1.54, 1.807) is 35.1 Å². The molecule has 0 N–H and O–H groups in total. The molecule has 2 atom stereocenters. The molecule has 0 aromatic heterocycles. The molecule has 0 radical (unpaired) electrons. The maximum Gasteiger partial charge on any atom is 2.00 e.